The quantitative estimate of drug-likeness (QED) is 0.292. The molecule has 9 unspecified atom stereocenters. The molecule has 0 amide bonds. The van der Waals surface area contributed by atoms with Gasteiger partial charge in [0, 0.05) is 11.3 Å². The number of allylic oxidation sites excluding steroid dienone is 1. The lowest BCUT2D eigenvalue weighted by atomic mass is 9.34. The van der Waals surface area contributed by atoms with Crippen molar-refractivity contribution in [3.8, 4) is 0 Å². The summed E-state index contributed by atoms with van der Waals surface area (Å²) in [6.07, 6.45) is 5.43. The smallest absolute Gasteiger partial charge is 0.372 e. The lowest BCUT2D eigenvalue weighted by Gasteiger charge is -2.69. The summed E-state index contributed by atoms with van der Waals surface area (Å²) in [6.45, 7) is 12.7. The summed E-state index contributed by atoms with van der Waals surface area (Å²) in [5.74, 6) is -6.20. The molecule has 0 saturated heterocycles. The Morgan fingerprint density at radius 3 is 2.03 bits per heavy atom. The van der Waals surface area contributed by atoms with Crippen LogP contribution in [0.25, 0.3) is 0 Å². The lowest BCUT2D eigenvalue weighted by Crippen LogP contribution is -2.68. The molecule has 0 aromatic rings. The van der Waals surface area contributed by atoms with Gasteiger partial charge in [0.25, 0.3) is 0 Å². The highest BCUT2D eigenvalue weighted by Crippen LogP contribution is 2.74. The number of ketones is 1. The monoisotopic (exact) mass is 532 g/mol. The van der Waals surface area contributed by atoms with E-state index in [9.17, 15) is 39.6 Å². The van der Waals surface area contributed by atoms with Gasteiger partial charge in [-0.2, -0.15) is 0 Å². The van der Waals surface area contributed by atoms with Crippen LogP contribution in [-0.2, 0) is 19.2 Å². The van der Waals surface area contributed by atoms with Gasteiger partial charge in [-0.1, -0.05) is 46.3 Å². The van der Waals surface area contributed by atoms with Crippen molar-refractivity contribution in [3.05, 3.63) is 11.6 Å². The van der Waals surface area contributed by atoms with Crippen LogP contribution in [0, 0.1) is 50.7 Å². The molecule has 38 heavy (non-hydrogen) atoms. The molecule has 4 aliphatic carbocycles. The molecule has 8 nitrogen and oxygen atoms in total. The van der Waals surface area contributed by atoms with Crippen LogP contribution in [0.5, 0.6) is 0 Å². The van der Waals surface area contributed by atoms with E-state index in [2.05, 4.69) is 13.8 Å². The zero-order valence-electron chi connectivity index (χ0n) is 23.8. The van der Waals surface area contributed by atoms with E-state index in [1.807, 2.05) is 13.0 Å². The Morgan fingerprint density at radius 1 is 0.895 bits per heavy atom. The maximum atomic E-state index is 13.1. The number of aliphatic hydroxyl groups is 1. The molecule has 0 spiro atoms. The largest absolute Gasteiger partial charge is 0.481 e. The number of rotatable bonds is 5. The zero-order chi connectivity index (χ0) is 28.9. The summed E-state index contributed by atoms with van der Waals surface area (Å²) in [7, 11) is 0. The van der Waals surface area contributed by atoms with Crippen LogP contribution < -0.4 is 0 Å². The Bertz CT molecular complexity index is 1120. The van der Waals surface area contributed by atoms with E-state index < -0.39 is 74.1 Å². The first kappa shape index (κ1) is 28.8. The van der Waals surface area contributed by atoms with Gasteiger partial charge in [-0.3, -0.25) is 14.4 Å². The van der Waals surface area contributed by atoms with Crippen LogP contribution in [-0.4, -0.2) is 49.7 Å². The highest BCUT2D eigenvalue weighted by molar-refractivity contribution is 6.34. The van der Waals surface area contributed by atoms with E-state index >= 15 is 0 Å². The molecule has 4 rings (SSSR count). The van der Waals surface area contributed by atoms with Crippen molar-refractivity contribution in [1.82, 2.24) is 0 Å². The Hall–Kier alpha value is -2.22. The fraction of sp³-hybridized carbons (Fsp3) is 0.800. The van der Waals surface area contributed by atoms with E-state index in [4.69, 9.17) is 0 Å². The average molecular weight is 533 g/mol. The van der Waals surface area contributed by atoms with Gasteiger partial charge in [-0.15, -0.1) is 0 Å². The van der Waals surface area contributed by atoms with E-state index in [0.29, 0.717) is 44.9 Å². The molecule has 9 atom stereocenters. The van der Waals surface area contributed by atoms with Gasteiger partial charge in [0.2, 0.25) is 5.78 Å². The first-order valence-corrected chi connectivity index (χ1v) is 13.9. The summed E-state index contributed by atoms with van der Waals surface area (Å²) in [4.78, 5) is 50.4. The van der Waals surface area contributed by atoms with E-state index in [0.717, 1.165) is 5.57 Å². The number of carbonyl (C=O) groups excluding carboxylic acids is 1. The minimum atomic E-state index is -1.56. The first-order chi connectivity index (χ1) is 17.3. The molecule has 212 valence electrons. The van der Waals surface area contributed by atoms with Crippen molar-refractivity contribution in [2.24, 2.45) is 50.7 Å². The molecular weight excluding hydrogens is 488 g/mol. The molecule has 3 fully saturated rings. The molecule has 0 bridgehead atoms. The van der Waals surface area contributed by atoms with Gasteiger partial charge in [0.05, 0.1) is 16.4 Å². The molecule has 0 aliphatic heterocycles. The van der Waals surface area contributed by atoms with Crippen LogP contribution >= 0.6 is 0 Å². The minimum absolute atomic E-state index is 0.0865. The Kier molecular flexibility index (Phi) is 6.35. The molecular formula is C30H44O8. The first-order valence-electron chi connectivity index (χ1n) is 13.9. The third-order valence-corrected chi connectivity index (χ3v) is 12.7. The van der Waals surface area contributed by atoms with Crippen LogP contribution in [0.1, 0.15) is 93.4 Å². The van der Waals surface area contributed by atoms with Crippen molar-refractivity contribution >= 4 is 23.7 Å². The van der Waals surface area contributed by atoms with Crippen molar-refractivity contribution in [2.45, 2.75) is 99.0 Å². The summed E-state index contributed by atoms with van der Waals surface area (Å²) < 4.78 is 0. The van der Waals surface area contributed by atoms with Crippen molar-refractivity contribution in [2.75, 3.05) is 0 Å². The van der Waals surface area contributed by atoms with Crippen molar-refractivity contribution in [1.29, 1.82) is 0 Å². The third kappa shape index (κ3) is 3.31. The lowest BCUT2D eigenvalue weighted by molar-refractivity contribution is -0.208. The van der Waals surface area contributed by atoms with E-state index in [1.165, 1.54) is 0 Å². The number of hydrogen-bond acceptors (Lipinski definition) is 5. The van der Waals surface area contributed by atoms with Crippen molar-refractivity contribution in [3.63, 3.8) is 0 Å². The Labute approximate surface area is 224 Å². The van der Waals surface area contributed by atoms with Crippen LogP contribution in [0.15, 0.2) is 11.6 Å². The van der Waals surface area contributed by atoms with E-state index in [-0.39, 0.29) is 5.92 Å². The highest BCUT2D eigenvalue weighted by atomic mass is 16.4. The average Bonchev–Trinajstić information content (AvgIpc) is 2.81. The number of carboxylic acid groups (broad SMARTS) is 3. The molecule has 3 saturated carbocycles. The number of aliphatic carboxylic acids is 3. The van der Waals surface area contributed by atoms with Gasteiger partial charge < -0.3 is 20.4 Å². The van der Waals surface area contributed by atoms with Crippen LogP contribution in [0.3, 0.4) is 0 Å². The van der Waals surface area contributed by atoms with Gasteiger partial charge in [-0.05, 0) is 87.4 Å². The second kappa shape index (κ2) is 8.39. The summed E-state index contributed by atoms with van der Waals surface area (Å²) >= 11 is 0. The maximum Gasteiger partial charge on any atom is 0.372 e. The molecule has 0 heterocycles. The number of hydrogen-bond donors (Lipinski definition) is 4. The predicted molar refractivity (Wildman–Crippen MR) is 139 cm³/mol. The van der Waals surface area contributed by atoms with Gasteiger partial charge in [0.1, 0.15) is 0 Å². The van der Waals surface area contributed by atoms with E-state index in [1.54, 1.807) is 27.7 Å². The predicted octanol–water partition coefficient (Wildman–Crippen LogP) is 4.79. The number of carbonyl (C=O) groups is 4. The molecule has 4 N–H and O–H groups in total. The fourth-order valence-corrected chi connectivity index (χ4v) is 9.94. The van der Waals surface area contributed by atoms with Crippen LogP contribution in [0.4, 0.5) is 0 Å². The maximum absolute atomic E-state index is 13.1. The number of carboxylic acids is 3. The fourth-order valence-electron chi connectivity index (χ4n) is 9.94. The van der Waals surface area contributed by atoms with Gasteiger partial charge in [0.15, 0.2) is 0 Å². The molecule has 0 aromatic heterocycles. The van der Waals surface area contributed by atoms with Gasteiger partial charge >= 0.3 is 17.9 Å². The highest BCUT2D eigenvalue weighted by Gasteiger charge is 2.72. The zero-order valence-corrected chi connectivity index (χ0v) is 23.8. The van der Waals surface area contributed by atoms with Gasteiger partial charge in [-0.25, -0.2) is 4.79 Å². The summed E-state index contributed by atoms with van der Waals surface area (Å²) in [6, 6.07) is 0. The third-order valence-electron chi connectivity index (χ3n) is 12.7. The normalized spacial score (nSPS) is 46.6. The number of Topliss-reactive ketones (excluding diaryl/α,β-unsaturated/α-hetero) is 1. The summed E-state index contributed by atoms with van der Waals surface area (Å²) in [5, 5.41) is 42.6. The summed E-state index contributed by atoms with van der Waals surface area (Å²) in [5.41, 5.74) is -5.21. The SMILES string of the molecule is CC1CCC2(C(=O)O)CCC3(C)C(=CCC4C(C)(C(=O)O)C(C(C)(C)C(=O)C(=O)O)CCC43C)C2C1(C)O. The number of fused-ring (bicyclic) bond motifs is 5. The van der Waals surface area contributed by atoms with Crippen molar-refractivity contribution < 1.29 is 39.6 Å². The second-order valence-corrected chi connectivity index (χ2v) is 14.3. The second-order valence-electron chi connectivity index (χ2n) is 14.3. The Balaban J connectivity index is 1.90. The molecule has 4 aliphatic rings. The topological polar surface area (TPSA) is 149 Å². The minimum Gasteiger partial charge on any atom is -0.481 e. The standard InChI is InChI=1S/C30H44O8/c1-16-10-13-30(24(36)37)15-14-26(4)17(20(30)29(16,7)38)8-9-19-27(26,5)12-11-18(28(19,6)23(34)35)25(2,3)21(31)22(32)33/h8,16,18-20,38H,9-15H2,1-7H3,(H,32,33)(H,34,35)(H,36,37). The molecule has 8 heteroatoms. The Morgan fingerprint density at radius 2 is 1.50 bits per heavy atom. The molecule has 0 aromatic carbocycles. The van der Waals surface area contributed by atoms with Crippen LogP contribution in [0.2, 0.25) is 0 Å². The molecule has 0 radical (unpaired) electrons.